The minimum absolute atomic E-state index is 0.171. The maximum Gasteiger partial charge on any atom is 0.0948 e. The van der Waals surface area contributed by atoms with E-state index in [1.165, 1.54) is 5.56 Å². The third-order valence-corrected chi connectivity index (χ3v) is 3.62. The first-order valence-electron chi connectivity index (χ1n) is 6.45. The van der Waals surface area contributed by atoms with Crippen LogP contribution in [0.4, 0.5) is 5.69 Å². The zero-order valence-electron chi connectivity index (χ0n) is 11.0. The summed E-state index contributed by atoms with van der Waals surface area (Å²) in [6, 6.07) is 11.9. The van der Waals surface area contributed by atoms with Gasteiger partial charge in [-0.05, 0) is 48.9 Å². The fourth-order valence-electron chi connectivity index (χ4n) is 2.22. The van der Waals surface area contributed by atoms with Crippen LogP contribution in [0.15, 0.2) is 55.0 Å². The Labute approximate surface area is 122 Å². The maximum atomic E-state index is 6.21. The topological polar surface area (TPSA) is 37.8 Å². The lowest BCUT2D eigenvalue weighted by molar-refractivity contribution is 0.882. The third-order valence-electron chi connectivity index (χ3n) is 3.29. The van der Waals surface area contributed by atoms with E-state index in [0.29, 0.717) is 0 Å². The SMILES string of the molecule is CC(Nc1ccc(Cl)c2cccnc12)c1ccncc1. The maximum absolute atomic E-state index is 6.21. The van der Waals surface area contributed by atoms with Crippen molar-refractivity contribution in [1.29, 1.82) is 0 Å². The van der Waals surface area contributed by atoms with Gasteiger partial charge in [0.1, 0.15) is 0 Å². The van der Waals surface area contributed by atoms with Crippen LogP contribution >= 0.6 is 11.6 Å². The van der Waals surface area contributed by atoms with Gasteiger partial charge < -0.3 is 5.32 Å². The predicted molar refractivity (Wildman–Crippen MR) is 83.0 cm³/mol. The monoisotopic (exact) mass is 283 g/mol. The van der Waals surface area contributed by atoms with E-state index >= 15 is 0 Å². The molecule has 3 rings (SSSR count). The van der Waals surface area contributed by atoms with Gasteiger partial charge in [-0.25, -0.2) is 0 Å². The lowest BCUT2D eigenvalue weighted by atomic mass is 10.1. The van der Waals surface area contributed by atoms with Gasteiger partial charge >= 0.3 is 0 Å². The van der Waals surface area contributed by atoms with Crippen molar-refractivity contribution < 1.29 is 0 Å². The van der Waals surface area contributed by atoms with Crippen LogP contribution in [0, 0.1) is 0 Å². The van der Waals surface area contributed by atoms with E-state index < -0.39 is 0 Å². The van der Waals surface area contributed by atoms with Crippen molar-refractivity contribution in [3.8, 4) is 0 Å². The van der Waals surface area contributed by atoms with Gasteiger partial charge in [-0.1, -0.05) is 11.6 Å². The molecule has 0 spiro atoms. The smallest absolute Gasteiger partial charge is 0.0948 e. The van der Waals surface area contributed by atoms with E-state index in [2.05, 4.69) is 22.2 Å². The second-order valence-corrected chi connectivity index (χ2v) is 5.05. The van der Waals surface area contributed by atoms with Gasteiger partial charge in [-0.2, -0.15) is 0 Å². The van der Waals surface area contributed by atoms with Gasteiger partial charge in [0, 0.05) is 30.0 Å². The normalized spacial score (nSPS) is 12.3. The number of anilines is 1. The second kappa shape index (κ2) is 5.47. The van der Waals surface area contributed by atoms with Crippen LogP contribution < -0.4 is 5.32 Å². The van der Waals surface area contributed by atoms with Gasteiger partial charge in [-0.3, -0.25) is 9.97 Å². The van der Waals surface area contributed by atoms with Crippen molar-refractivity contribution in [2.45, 2.75) is 13.0 Å². The van der Waals surface area contributed by atoms with E-state index in [1.807, 2.05) is 36.4 Å². The second-order valence-electron chi connectivity index (χ2n) is 4.64. The molecule has 100 valence electrons. The number of aromatic nitrogens is 2. The molecule has 20 heavy (non-hydrogen) atoms. The highest BCUT2D eigenvalue weighted by Crippen LogP contribution is 2.30. The molecule has 1 N–H and O–H groups in total. The van der Waals surface area contributed by atoms with Crippen molar-refractivity contribution in [2.75, 3.05) is 5.32 Å². The fraction of sp³-hybridized carbons (Fsp3) is 0.125. The van der Waals surface area contributed by atoms with Gasteiger partial charge in [0.15, 0.2) is 0 Å². The first kappa shape index (κ1) is 12.9. The van der Waals surface area contributed by atoms with Crippen LogP contribution in [-0.2, 0) is 0 Å². The quantitative estimate of drug-likeness (QED) is 0.771. The number of benzene rings is 1. The Kier molecular flexibility index (Phi) is 3.52. The predicted octanol–water partition coefficient (Wildman–Crippen LogP) is 4.46. The van der Waals surface area contributed by atoms with E-state index in [4.69, 9.17) is 11.6 Å². The highest BCUT2D eigenvalue weighted by atomic mass is 35.5. The molecule has 0 amide bonds. The van der Waals surface area contributed by atoms with E-state index in [0.717, 1.165) is 21.6 Å². The molecule has 0 radical (unpaired) electrons. The molecule has 0 bridgehead atoms. The molecular weight excluding hydrogens is 270 g/mol. The van der Waals surface area contributed by atoms with Crippen molar-refractivity contribution in [3.05, 3.63) is 65.6 Å². The summed E-state index contributed by atoms with van der Waals surface area (Å²) in [4.78, 5) is 8.47. The van der Waals surface area contributed by atoms with Crippen molar-refractivity contribution in [3.63, 3.8) is 0 Å². The first-order valence-corrected chi connectivity index (χ1v) is 6.83. The number of nitrogens with zero attached hydrogens (tertiary/aromatic N) is 2. The van der Waals surface area contributed by atoms with E-state index in [1.54, 1.807) is 18.6 Å². The summed E-state index contributed by atoms with van der Waals surface area (Å²) >= 11 is 6.21. The molecule has 3 aromatic rings. The summed E-state index contributed by atoms with van der Waals surface area (Å²) < 4.78 is 0. The van der Waals surface area contributed by atoms with Gasteiger partial charge in [0.2, 0.25) is 0 Å². The minimum atomic E-state index is 0.171. The van der Waals surface area contributed by atoms with Crippen LogP contribution in [0.1, 0.15) is 18.5 Å². The van der Waals surface area contributed by atoms with Crippen molar-refractivity contribution in [2.24, 2.45) is 0 Å². The average molecular weight is 284 g/mol. The summed E-state index contributed by atoms with van der Waals surface area (Å²) in [5, 5.41) is 5.16. The number of hydrogen-bond acceptors (Lipinski definition) is 3. The Morgan fingerprint density at radius 3 is 2.65 bits per heavy atom. The average Bonchev–Trinajstić information content (AvgIpc) is 2.51. The molecule has 0 fully saturated rings. The molecule has 2 heterocycles. The third kappa shape index (κ3) is 2.45. The Morgan fingerprint density at radius 2 is 1.85 bits per heavy atom. The van der Waals surface area contributed by atoms with Gasteiger partial charge in [-0.15, -0.1) is 0 Å². The molecule has 1 aromatic carbocycles. The van der Waals surface area contributed by atoms with E-state index in [-0.39, 0.29) is 6.04 Å². The number of fused-ring (bicyclic) bond motifs is 1. The highest BCUT2D eigenvalue weighted by Gasteiger charge is 2.09. The van der Waals surface area contributed by atoms with E-state index in [9.17, 15) is 0 Å². The summed E-state index contributed by atoms with van der Waals surface area (Å²) in [7, 11) is 0. The molecule has 1 unspecified atom stereocenters. The highest BCUT2D eigenvalue weighted by molar-refractivity contribution is 6.35. The Hall–Kier alpha value is -2.13. The van der Waals surface area contributed by atoms with Crippen molar-refractivity contribution in [1.82, 2.24) is 9.97 Å². The van der Waals surface area contributed by atoms with Crippen LogP contribution in [0.5, 0.6) is 0 Å². The largest absolute Gasteiger partial charge is 0.377 e. The van der Waals surface area contributed by atoms with Crippen LogP contribution in [0.2, 0.25) is 5.02 Å². The van der Waals surface area contributed by atoms with Crippen LogP contribution in [-0.4, -0.2) is 9.97 Å². The number of halogens is 1. The lowest BCUT2D eigenvalue weighted by Crippen LogP contribution is -2.07. The molecule has 1 atom stereocenters. The molecule has 2 aromatic heterocycles. The van der Waals surface area contributed by atoms with Gasteiger partial charge in [0.05, 0.1) is 16.2 Å². The zero-order chi connectivity index (χ0) is 13.9. The molecule has 4 heteroatoms. The van der Waals surface area contributed by atoms with Crippen molar-refractivity contribution >= 4 is 28.2 Å². The Balaban J connectivity index is 1.97. The standard InChI is InChI=1S/C16H14ClN3/c1-11(12-6-9-18-10-7-12)20-15-5-4-14(17)13-3-2-8-19-16(13)15/h2-11,20H,1H3. The number of hydrogen-bond donors (Lipinski definition) is 1. The van der Waals surface area contributed by atoms with Crippen LogP contribution in [0.3, 0.4) is 0 Å². The minimum Gasteiger partial charge on any atom is -0.377 e. The number of nitrogens with one attached hydrogen (secondary N) is 1. The first-order chi connectivity index (χ1) is 9.75. The Morgan fingerprint density at radius 1 is 1.05 bits per heavy atom. The van der Waals surface area contributed by atoms with Gasteiger partial charge in [0.25, 0.3) is 0 Å². The number of rotatable bonds is 3. The molecule has 0 aliphatic carbocycles. The molecule has 0 saturated carbocycles. The fourth-order valence-corrected chi connectivity index (χ4v) is 2.44. The summed E-state index contributed by atoms with van der Waals surface area (Å²) in [5.41, 5.74) is 3.05. The summed E-state index contributed by atoms with van der Waals surface area (Å²) in [6.45, 7) is 2.11. The summed E-state index contributed by atoms with van der Waals surface area (Å²) in [6.07, 6.45) is 5.37. The Bertz CT molecular complexity index is 728. The van der Waals surface area contributed by atoms with Crippen LogP contribution in [0.25, 0.3) is 10.9 Å². The lowest BCUT2D eigenvalue weighted by Gasteiger charge is -2.17. The molecule has 0 aliphatic rings. The number of pyridine rings is 2. The summed E-state index contributed by atoms with van der Waals surface area (Å²) in [5.74, 6) is 0. The molecular formula is C16H14ClN3. The molecule has 0 saturated heterocycles. The molecule has 0 aliphatic heterocycles. The zero-order valence-corrected chi connectivity index (χ0v) is 11.8. The molecule has 3 nitrogen and oxygen atoms in total.